The van der Waals surface area contributed by atoms with Gasteiger partial charge < -0.3 is 20.4 Å². The van der Waals surface area contributed by atoms with Gasteiger partial charge in [-0.05, 0) is 33.3 Å². The fourth-order valence-electron chi connectivity index (χ4n) is 4.97. The standard InChI is InChI=1S/C24H29N5O6S/c1-5-27-11-12-28(21(34)20(27)33)23(35)26-15(14-9-7-6-8-10-14)18(31)25-16-19(32)29-17(13(2)30)24(3,4)36-22(16)29/h6-10,15-17,22H,5,11-12H2,1-4H3,(H,25,31)(H,26,35)/t15-,16-,17?,22-/m1/s1. The monoisotopic (exact) mass is 515 g/mol. The molecule has 4 atom stereocenters. The number of amides is 6. The van der Waals surface area contributed by atoms with Gasteiger partial charge in [-0.25, -0.2) is 4.79 Å². The minimum atomic E-state index is -1.21. The van der Waals surface area contributed by atoms with Crippen LogP contribution in [0.4, 0.5) is 4.79 Å². The molecule has 1 unspecified atom stereocenters. The van der Waals surface area contributed by atoms with Gasteiger partial charge in [0.15, 0.2) is 5.78 Å². The van der Waals surface area contributed by atoms with Gasteiger partial charge in [0.05, 0.1) is 0 Å². The molecule has 6 amide bonds. The Labute approximate surface area is 212 Å². The third-order valence-corrected chi connectivity index (χ3v) is 8.29. The van der Waals surface area contributed by atoms with Crippen LogP contribution >= 0.6 is 11.8 Å². The van der Waals surface area contributed by atoms with Crippen molar-refractivity contribution in [2.75, 3.05) is 19.6 Å². The largest absolute Gasteiger partial charge is 0.340 e. The number of β-lactam (4-membered cyclic amide) rings is 1. The van der Waals surface area contributed by atoms with Gasteiger partial charge in [0, 0.05) is 24.4 Å². The predicted octanol–water partition coefficient (Wildman–Crippen LogP) is 0.264. The lowest BCUT2D eigenvalue weighted by molar-refractivity contribution is -0.154. The number of ketones is 1. The molecule has 3 fully saturated rings. The molecule has 3 aliphatic rings. The van der Waals surface area contributed by atoms with E-state index in [2.05, 4.69) is 10.6 Å². The highest BCUT2D eigenvalue weighted by atomic mass is 32.2. The molecule has 0 spiro atoms. The molecular formula is C24H29N5O6S. The summed E-state index contributed by atoms with van der Waals surface area (Å²) in [6, 6.07) is 4.89. The van der Waals surface area contributed by atoms with Crippen molar-refractivity contribution >= 4 is 47.2 Å². The van der Waals surface area contributed by atoms with Gasteiger partial charge in [-0.3, -0.25) is 28.9 Å². The van der Waals surface area contributed by atoms with E-state index in [1.807, 2.05) is 13.8 Å². The number of Topliss-reactive ketones (excluding diaryl/α,β-unsaturated/α-hetero) is 1. The fraction of sp³-hybridized carbons (Fsp3) is 0.500. The molecule has 0 bridgehead atoms. The van der Waals surface area contributed by atoms with Crippen molar-refractivity contribution in [3.63, 3.8) is 0 Å². The van der Waals surface area contributed by atoms with E-state index in [1.54, 1.807) is 37.3 Å². The van der Waals surface area contributed by atoms with Crippen molar-refractivity contribution in [2.45, 2.75) is 55.9 Å². The number of benzene rings is 1. The first-order valence-corrected chi connectivity index (χ1v) is 12.6. The maximum atomic E-state index is 13.4. The highest BCUT2D eigenvalue weighted by Crippen LogP contribution is 2.51. The molecule has 0 radical (unpaired) electrons. The molecule has 192 valence electrons. The van der Waals surface area contributed by atoms with Gasteiger partial charge in [0.2, 0.25) is 11.8 Å². The Balaban J connectivity index is 1.51. The van der Waals surface area contributed by atoms with Gasteiger partial charge in [-0.1, -0.05) is 30.3 Å². The Bertz CT molecular complexity index is 1130. The number of piperazine rings is 1. The molecule has 36 heavy (non-hydrogen) atoms. The predicted molar refractivity (Wildman–Crippen MR) is 130 cm³/mol. The van der Waals surface area contributed by atoms with Crippen molar-refractivity contribution in [1.82, 2.24) is 25.3 Å². The van der Waals surface area contributed by atoms with E-state index in [0.29, 0.717) is 12.1 Å². The van der Waals surface area contributed by atoms with Crippen LogP contribution in [0.3, 0.4) is 0 Å². The number of carbonyl (C=O) groups is 6. The lowest BCUT2D eigenvalue weighted by atomic mass is 9.93. The maximum Gasteiger partial charge on any atom is 0.325 e. The number of hydrogen-bond acceptors (Lipinski definition) is 7. The van der Waals surface area contributed by atoms with Gasteiger partial charge in [0.1, 0.15) is 23.5 Å². The summed E-state index contributed by atoms with van der Waals surface area (Å²) in [7, 11) is 0. The fourth-order valence-corrected chi connectivity index (χ4v) is 6.66. The van der Waals surface area contributed by atoms with Crippen LogP contribution in [0.5, 0.6) is 0 Å². The third-order valence-electron chi connectivity index (χ3n) is 6.72. The number of nitrogens with zero attached hydrogens (tertiary/aromatic N) is 3. The number of imide groups is 1. The number of nitrogens with one attached hydrogen (secondary N) is 2. The van der Waals surface area contributed by atoms with Crippen LogP contribution in [0.2, 0.25) is 0 Å². The van der Waals surface area contributed by atoms with Gasteiger partial charge >= 0.3 is 17.8 Å². The third kappa shape index (κ3) is 4.34. The Morgan fingerprint density at radius 3 is 2.36 bits per heavy atom. The molecule has 1 aromatic rings. The summed E-state index contributed by atoms with van der Waals surface area (Å²) in [5.74, 6) is -2.85. The first kappa shape index (κ1) is 25.7. The van der Waals surface area contributed by atoms with E-state index in [0.717, 1.165) is 4.90 Å². The van der Waals surface area contributed by atoms with E-state index in [-0.39, 0.29) is 24.8 Å². The lowest BCUT2D eigenvalue weighted by Gasteiger charge is -2.44. The summed E-state index contributed by atoms with van der Waals surface area (Å²) in [4.78, 5) is 79.8. The number of carbonyl (C=O) groups excluding carboxylic acids is 6. The van der Waals surface area contributed by atoms with E-state index in [1.165, 1.54) is 28.5 Å². The zero-order chi connectivity index (χ0) is 26.4. The highest BCUT2D eigenvalue weighted by Gasteiger charge is 2.63. The second-order valence-corrected chi connectivity index (χ2v) is 11.3. The number of likely N-dealkylation sites (N-methyl/N-ethyl adjacent to an activating group) is 1. The quantitative estimate of drug-likeness (QED) is 0.410. The number of thioether (sulfide) groups is 1. The smallest absolute Gasteiger partial charge is 0.325 e. The summed E-state index contributed by atoms with van der Waals surface area (Å²) in [5.41, 5.74) is 0.443. The molecule has 0 aromatic heterocycles. The normalized spacial score (nSPS) is 25.7. The van der Waals surface area contributed by atoms with Crippen molar-refractivity contribution < 1.29 is 28.8 Å². The summed E-state index contributed by atoms with van der Waals surface area (Å²) >= 11 is 1.44. The van der Waals surface area contributed by atoms with Crippen LogP contribution in [0.1, 0.15) is 39.3 Å². The van der Waals surface area contributed by atoms with Crippen LogP contribution in [-0.4, -0.2) is 92.0 Å². The van der Waals surface area contributed by atoms with Crippen molar-refractivity contribution in [3.05, 3.63) is 35.9 Å². The number of hydrogen-bond donors (Lipinski definition) is 2. The zero-order valence-electron chi connectivity index (χ0n) is 20.5. The van der Waals surface area contributed by atoms with Crippen molar-refractivity contribution in [1.29, 1.82) is 0 Å². The molecular weight excluding hydrogens is 486 g/mol. The van der Waals surface area contributed by atoms with Crippen LogP contribution in [0.15, 0.2) is 30.3 Å². The summed E-state index contributed by atoms with van der Waals surface area (Å²) < 4.78 is -0.508. The Morgan fingerprint density at radius 2 is 1.75 bits per heavy atom. The Hall–Kier alpha value is -3.41. The first-order chi connectivity index (χ1) is 17.0. The molecule has 3 aliphatic heterocycles. The second-order valence-electron chi connectivity index (χ2n) is 9.49. The average Bonchev–Trinajstić information content (AvgIpc) is 3.10. The van der Waals surface area contributed by atoms with E-state index >= 15 is 0 Å². The maximum absolute atomic E-state index is 13.4. The Kier molecular flexibility index (Phi) is 6.82. The van der Waals surface area contributed by atoms with Gasteiger partial charge in [-0.15, -0.1) is 11.8 Å². The van der Waals surface area contributed by atoms with Crippen LogP contribution in [0.25, 0.3) is 0 Å². The molecule has 0 aliphatic carbocycles. The van der Waals surface area contributed by atoms with Crippen LogP contribution in [0, 0.1) is 0 Å². The van der Waals surface area contributed by atoms with Crippen molar-refractivity contribution in [3.8, 4) is 0 Å². The molecule has 0 saturated carbocycles. The van der Waals surface area contributed by atoms with E-state index < -0.39 is 52.0 Å². The Morgan fingerprint density at radius 1 is 1.08 bits per heavy atom. The van der Waals surface area contributed by atoms with E-state index in [4.69, 9.17) is 0 Å². The minimum Gasteiger partial charge on any atom is -0.340 e. The summed E-state index contributed by atoms with van der Waals surface area (Å²) in [6.07, 6.45) is 0. The van der Waals surface area contributed by atoms with Gasteiger partial charge in [0.25, 0.3) is 0 Å². The molecule has 1 aromatic carbocycles. The number of rotatable bonds is 6. The molecule has 12 heteroatoms. The SMILES string of the molecule is CCN1CCN(C(=O)N[C@@H](C(=O)N[C@@H]2C(=O)N3C(C(C)=O)C(C)(C)S[C@H]23)c2ccccc2)C(=O)C1=O. The summed E-state index contributed by atoms with van der Waals surface area (Å²) in [5, 5.41) is 4.87. The second kappa shape index (κ2) is 9.57. The number of fused-ring (bicyclic) bond motifs is 1. The summed E-state index contributed by atoms with van der Waals surface area (Å²) in [6.45, 7) is 7.51. The molecule has 11 nitrogen and oxygen atoms in total. The molecule has 4 rings (SSSR count). The van der Waals surface area contributed by atoms with Gasteiger partial charge in [-0.2, -0.15) is 0 Å². The first-order valence-electron chi connectivity index (χ1n) is 11.7. The van der Waals surface area contributed by atoms with E-state index in [9.17, 15) is 28.8 Å². The van der Waals surface area contributed by atoms with Crippen LogP contribution < -0.4 is 10.6 Å². The number of urea groups is 1. The topological polar surface area (TPSA) is 136 Å². The van der Waals surface area contributed by atoms with Crippen LogP contribution in [-0.2, 0) is 24.0 Å². The molecule has 3 saturated heterocycles. The highest BCUT2D eigenvalue weighted by molar-refractivity contribution is 8.01. The minimum absolute atomic E-state index is 0.00365. The lowest BCUT2D eigenvalue weighted by Crippen LogP contribution is -2.71. The molecule has 2 N–H and O–H groups in total. The zero-order valence-corrected chi connectivity index (χ0v) is 21.3. The molecule has 3 heterocycles. The average molecular weight is 516 g/mol. The van der Waals surface area contributed by atoms with Crippen molar-refractivity contribution in [2.24, 2.45) is 0 Å².